The minimum absolute atomic E-state index is 0.0127. The Morgan fingerprint density at radius 2 is 1.81 bits per heavy atom. The van der Waals surface area contributed by atoms with Crippen molar-refractivity contribution in [1.82, 2.24) is 9.62 Å². The molecule has 0 radical (unpaired) electrons. The molecule has 1 saturated carbocycles. The molecule has 0 unspecified atom stereocenters. The number of benzene rings is 2. The molecule has 32 heavy (non-hydrogen) atoms. The number of nitrogens with one attached hydrogen (secondary N) is 1. The first kappa shape index (κ1) is 24.2. The van der Waals surface area contributed by atoms with Gasteiger partial charge in [-0.15, -0.1) is 0 Å². The maximum atomic E-state index is 12.9. The Morgan fingerprint density at radius 1 is 1.09 bits per heavy atom. The van der Waals surface area contributed by atoms with Crippen LogP contribution >= 0.6 is 0 Å². The number of carbonyl (C=O) groups is 1. The van der Waals surface area contributed by atoms with Gasteiger partial charge in [0.05, 0.1) is 16.4 Å². The summed E-state index contributed by atoms with van der Waals surface area (Å²) in [7, 11) is -5.31. The lowest BCUT2D eigenvalue weighted by Crippen LogP contribution is -2.30. The average Bonchev–Trinajstić information content (AvgIpc) is 3.53. The summed E-state index contributed by atoms with van der Waals surface area (Å²) in [5.74, 6) is 0.170. The van der Waals surface area contributed by atoms with Gasteiger partial charge in [0.15, 0.2) is 9.84 Å². The fourth-order valence-electron chi connectivity index (χ4n) is 3.08. The van der Waals surface area contributed by atoms with Crippen molar-refractivity contribution in [2.24, 2.45) is 0 Å². The third kappa shape index (κ3) is 6.30. The Balaban J connectivity index is 1.58. The number of amides is 1. The predicted molar refractivity (Wildman–Crippen MR) is 121 cm³/mol. The summed E-state index contributed by atoms with van der Waals surface area (Å²) in [5, 5.41) is 0. The van der Waals surface area contributed by atoms with E-state index in [2.05, 4.69) is 4.72 Å². The normalized spacial score (nSPS) is 14.2. The van der Waals surface area contributed by atoms with Crippen LogP contribution in [-0.4, -0.2) is 60.1 Å². The number of sulfonamides is 1. The van der Waals surface area contributed by atoms with Crippen molar-refractivity contribution in [3.63, 3.8) is 0 Å². The number of rotatable bonds is 10. The average molecular weight is 481 g/mol. The van der Waals surface area contributed by atoms with Gasteiger partial charge in [0, 0.05) is 31.5 Å². The van der Waals surface area contributed by atoms with E-state index in [9.17, 15) is 21.6 Å². The Labute approximate surface area is 189 Å². The maximum absolute atomic E-state index is 12.9. The van der Waals surface area contributed by atoms with Crippen LogP contribution in [0.3, 0.4) is 0 Å². The summed E-state index contributed by atoms with van der Waals surface area (Å²) in [6, 6.07) is 10.8. The van der Waals surface area contributed by atoms with Gasteiger partial charge in [0.25, 0.3) is 5.91 Å². The predicted octanol–water partition coefficient (Wildman–Crippen LogP) is 2.38. The Hall–Kier alpha value is -2.43. The molecule has 1 fully saturated rings. The third-order valence-corrected chi connectivity index (χ3v) is 7.76. The van der Waals surface area contributed by atoms with Crippen molar-refractivity contribution in [3.8, 4) is 5.75 Å². The Kier molecular flexibility index (Phi) is 7.26. The molecule has 1 amide bonds. The van der Waals surface area contributed by atoms with E-state index >= 15 is 0 Å². The summed E-state index contributed by atoms with van der Waals surface area (Å²) >= 11 is 0. The molecular weight excluding hydrogens is 452 g/mol. The number of ether oxygens (including phenoxy) is 1. The fraction of sp³-hybridized carbons (Fsp3) is 0.409. The van der Waals surface area contributed by atoms with Crippen molar-refractivity contribution in [2.75, 3.05) is 26.5 Å². The molecule has 0 aromatic heterocycles. The zero-order chi connectivity index (χ0) is 23.5. The molecule has 8 nitrogen and oxygen atoms in total. The quantitative estimate of drug-likeness (QED) is 0.523. The van der Waals surface area contributed by atoms with Crippen molar-refractivity contribution in [1.29, 1.82) is 0 Å². The molecule has 1 N–H and O–H groups in total. The van der Waals surface area contributed by atoms with Crippen molar-refractivity contribution < 1.29 is 26.4 Å². The smallest absolute Gasteiger partial charge is 0.253 e. The van der Waals surface area contributed by atoms with E-state index in [0.717, 1.165) is 19.1 Å². The monoisotopic (exact) mass is 480 g/mol. The topological polar surface area (TPSA) is 110 Å². The van der Waals surface area contributed by atoms with Crippen LogP contribution in [0.2, 0.25) is 0 Å². The number of nitrogens with zero attached hydrogens (tertiary/aromatic N) is 1. The number of hydrogen-bond acceptors (Lipinski definition) is 6. The number of aryl methyl sites for hydroxylation is 1. The van der Waals surface area contributed by atoms with Gasteiger partial charge in [-0.1, -0.05) is 12.1 Å². The highest BCUT2D eigenvalue weighted by molar-refractivity contribution is 7.90. The lowest BCUT2D eigenvalue weighted by atomic mass is 10.1. The summed E-state index contributed by atoms with van der Waals surface area (Å²) in [4.78, 5) is 14.7. The second-order valence-electron chi connectivity index (χ2n) is 8.05. The number of sulfone groups is 1. The van der Waals surface area contributed by atoms with Gasteiger partial charge in [0.2, 0.25) is 10.0 Å². The zero-order valence-electron chi connectivity index (χ0n) is 18.4. The van der Waals surface area contributed by atoms with Crippen molar-refractivity contribution in [2.45, 2.75) is 42.0 Å². The molecule has 1 aliphatic carbocycles. The van der Waals surface area contributed by atoms with Gasteiger partial charge in [-0.3, -0.25) is 4.79 Å². The molecule has 1 aliphatic rings. The van der Waals surface area contributed by atoms with Gasteiger partial charge in [-0.25, -0.2) is 21.6 Å². The molecule has 10 heteroatoms. The van der Waals surface area contributed by atoms with Crippen LogP contribution in [0.1, 0.15) is 35.2 Å². The van der Waals surface area contributed by atoms with Crippen LogP contribution < -0.4 is 9.46 Å². The van der Waals surface area contributed by atoms with E-state index in [1.54, 1.807) is 32.2 Å². The summed E-state index contributed by atoms with van der Waals surface area (Å²) in [5.41, 5.74) is 1.04. The van der Waals surface area contributed by atoms with Gasteiger partial charge in [0.1, 0.15) is 5.75 Å². The van der Waals surface area contributed by atoms with Crippen molar-refractivity contribution >= 4 is 25.8 Å². The minimum Gasteiger partial charge on any atom is -0.493 e. The molecule has 174 valence electrons. The molecule has 2 aromatic rings. The number of hydrogen-bond donors (Lipinski definition) is 1. The minimum atomic E-state index is -3.64. The van der Waals surface area contributed by atoms with Crippen LogP contribution in [-0.2, 0) is 19.9 Å². The lowest BCUT2D eigenvalue weighted by Gasteiger charge is -2.19. The SMILES string of the molecule is Cc1ccc(S(=O)(=O)NC2CC2)cc1C(=O)N(C)CCCOc1cccc(S(C)(=O)=O)c1. The molecule has 0 aliphatic heterocycles. The zero-order valence-corrected chi connectivity index (χ0v) is 20.0. The highest BCUT2D eigenvalue weighted by atomic mass is 32.2. The van der Waals surface area contributed by atoms with E-state index < -0.39 is 19.9 Å². The maximum Gasteiger partial charge on any atom is 0.253 e. The summed E-state index contributed by atoms with van der Waals surface area (Å²) in [6.07, 6.45) is 3.32. The Morgan fingerprint density at radius 3 is 2.47 bits per heavy atom. The third-order valence-electron chi connectivity index (χ3n) is 5.14. The Bertz CT molecular complexity index is 1200. The molecule has 0 spiro atoms. The second-order valence-corrected chi connectivity index (χ2v) is 11.8. The van der Waals surface area contributed by atoms with Crippen LogP contribution in [0.25, 0.3) is 0 Å². The molecule has 0 saturated heterocycles. The first-order chi connectivity index (χ1) is 15.0. The summed E-state index contributed by atoms with van der Waals surface area (Å²) in [6.45, 7) is 2.45. The largest absolute Gasteiger partial charge is 0.493 e. The molecule has 0 atom stereocenters. The van der Waals surface area contributed by atoms with E-state index in [4.69, 9.17) is 4.74 Å². The van der Waals surface area contributed by atoms with Crippen LogP contribution in [0.4, 0.5) is 0 Å². The second kappa shape index (κ2) is 9.60. The molecule has 0 heterocycles. The van der Waals surface area contributed by atoms with Crippen LogP contribution in [0, 0.1) is 6.92 Å². The van der Waals surface area contributed by atoms with Gasteiger partial charge in [-0.2, -0.15) is 0 Å². The molecule has 3 rings (SSSR count). The van der Waals surface area contributed by atoms with E-state index in [0.29, 0.717) is 36.4 Å². The van der Waals surface area contributed by atoms with Crippen LogP contribution in [0.5, 0.6) is 5.75 Å². The lowest BCUT2D eigenvalue weighted by molar-refractivity contribution is 0.0787. The number of carbonyl (C=O) groups excluding carboxylic acids is 1. The standard InChI is InChI=1S/C22H28N2O6S2/c1-16-8-11-20(32(28,29)23-17-9-10-17)15-21(16)22(25)24(2)12-5-13-30-18-6-4-7-19(14-18)31(3,26)27/h4,6-8,11,14-15,17,23H,5,9-10,12-13H2,1-3H3. The molecular formula is C22H28N2O6S2. The first-order valence-electron chi connectivity index (χ1n) is 10.3. The van der Waals surface area contributed by atoms with Gasteiger partial charge in [-0.05, 0) is 62.1 Å². The van der Waals surface area contributed by atoms with E-state index in [1.807, 2.05) is 0 Å². The fourth-order valence-corrected chi connectivity index (χ4v) is 5.07. The summed E-state index contributed by atoms with van der Waals surface area (Å²) < 4.78 is 56.5. The van der Waals surface area contributed by atoms with E-state index in [-0.39, 0.29) is 21.7 Å². The highest BCUT2D eigenvalue weighted by Gasteiger charge is 2.28. The van der Waals surface area contributed by atoms with Crippen LogP contribution in [0.15, 0.2) is 52.3 Å². The van der Waals surface area contributed by atoms with Gasteiger partial charge < -0.3 is 9.64 Å². The highest BCUT2D eigenvalue weighted by Crippen LogP contribution is 2.24. The van der Waals surface area contributed by atoms with E-state index in [1.165, 1.54) is 29.2 Å². The van der Waals surface area contributed by atoms with Crippen molar-refractivity contribution in [3.05, 3.63) is 53.6 Å². The molecule has 2 aromatic carbocycles. The molecule has 0 bridgehead atoms. The van der Waals surface area contributed by atoms with Gasteiger partial charge >= 0.3 is 0 Å². The first-order valence-corrected chi connectivity index (χ1v) is 13.7.